The molecule has 1 aliphatic heterocycles. The molecule has 5 nitrogen and oxygen atoms in total. The van der Waals surface area contributed by atoms with Gasteiger partial charge >= 0.3 is 0 Å². The van der Waals surface area contributed by atoms with E-state index in [0.717, 1.165) is 5.56 Å². The Hall–Kier alpha value is -2.99. The minimum Gasteiger partial charge on any atom is -0.304 e. The fourth-order valence-corrected chi connectivity index (χ4v) is 3.60. The Morgan fingerprint density at radius 1 is 1.22 bits per heavy atom. The van der Waals surface area contributed by atoms with E-state index in [0.29, 0.717) is 22.4 Å². The van der Waals surface area contributed by atoms with Crippen molar-refractivity contribution in [2.24, 2.45) is 4.99 Å². The summed E-state index contributed by atoms with van der Waals surface area (Å²) in [6.45, 7) is 1.54. The maximum absolute atomic E-state index is 13.5. The van der Waals surface area contributed by atoms with Crippen molar-refractivity contribution in [1.82, 2.24) is 9.55 Å². The number of carbonyl (C=O) groups is 1. The quantitative estimate of drug-likeness (QED) is 0.656. The predicted molar refractivity (Wildman–Crippen MR) is 103 cm³/mol. The van der Waals surface area contributed by atoms with Crippen LogP contribution in [-0.4, -0.2) is 21.3 Å². The number of rotatable bonds is 3. The lowest BCUT2D eigenvalue weighted by molar-refractivity contribution is -0.117. The average molecular weight is 383 g/mol. The first-order valence-corrected chi connectivity index (χ1v) is 8.82. The highest BCUT2D eigenvalue weighted by Gasteiger charge is 2.34. The molecule has 0 saturated carbocycles. The number of anilines is 1. The first kappa shape index (κ1) is 17.4. The van der Waals surface area contributed by atoms with Crippen molar-refractivity contribution in [1.29, 1.82) is 0 Å². The van der Waals surface area contributed by atoms with Crippen LogP contribution in [0.1, 0.15) is 24.9 Å². The standard InChI is InChI=1S/C20H16ClFN4O/c1-13(27)11-18-19-16(21)3-2-4-17(19)24-20(25-10-9-23-12-25)26(18)15-7-5-14(22)6-8-15/h2-10,12,18H,11H2,1H3. The number of nitrogens with zero attached hydrogens (tertiary/aromatic N) is 4. The molecule has 7 heteroatoms. The van der Waals surface area contributed by atoms with Crippen LogP contribution in [0.25, 0.3) is 0 Å². The summed E-state index contributed by atoms with van der Waals surface area (Å²) >= 11 is 6.48. The SMILES string of the molecule is CC(=O)CC1c2c(Cl)cccc2N=C(n2ccnc2)N1c1ccc(F)cc1. The molecule has 0 bridgehead atoms. The summed E-state index contributed by atoms with van der Waals surface area (Å²) in [5.41, 5.74) is 2.19. The summed E-state index contributed by atoms with van der Waals surface area (Å²) in [6, 6.07) is 11.2. The van der Waals surface area contributed by atoms with Crippen molar-refractivity contribution >= 4 is 34.7 Å². The molecule has 0 saturated heterocycles. The van der Waals surface area contributed by atoms with Crippen molar-refractivity contribution in [2.75, 3.05) is 4.90 Å². The van der Waals surface area contributed by atoms with Gasteiger partial charge in [0.15, 0.2) is 0 Å². The van der Waals surface area contributed by atoms with E-state index in [1.165, 1.54) is 12.1 Å². The first-order chi connectivity index (χ1) is 13.0. The smallest absolute Gasteiger partial charge is 0.216 e. The van der Waals surface area contributed by atoms with Crippen molar-refractivity contribution in [3.05, 3.63) is 77.6 Å². The molecule has 1 aromatic heterocycles. The minimum absolute atomic E-state index is 0.0184. The van der Waals surface area contributed by atoms with Crippen LogP contribution in [0.15, 0.2) is 66.2 Å². The molecule has 1 aliphatic rings. The van der Waals surface area contributed by atoms with Crippen LogP contribution in [0.2, 0.25) is 5.02 Å². The molecule has 0 radical (unpaired) electrons. The van der Waals surface area contributed by atoms with Gasteiger partial charge in [0.2, 0.25) is 5.96 Å². The van der Waals surface area contributed by atoms with Crippen LogP contribution in [0, 0.1) is 5.82 Å². The summed E-state index contributed by atoms with van der Waals surface area (Å²) < 4.78 is 15.3. The zero-order chi connectivity index (χ0) is 19.0. The second-order valence-electron chi connectivity index (χ2n) is 6.32. The summed E-state index contributed by atoms with van der Waals surface area (Å²) in [6.07, 6.45) is 5.30. The molecule has 1 unspecified atom stereocenters. The largest absolute Gasteiger partial charge is 0.304 e. The lowest BCUT2D eigenvalue weighted by atomic mass is 9.96. The van der Waals surface area contributed by atoms with E-state index in [4.69, 9.17) is 16.6 Å². The fourth-order valence-electron chi connectivity index (χ4n) is 3.31. The molecule has 1 atom stereocenters. The van der Waals surface area contributed by atoms with E-state index in [9.17, 15) is 9.18 Å². The van der Waals surface area contributed by atoms with Crippen molar-refractivity contribution in [2.45, 2.75) is 19.4 Å². The van der Waals surface area contributed by atoms with Gasteiger partial charge in [0, 0.05) is 35.1 Å². The molecule has 3 aromatic rings. The summed E-state index contributed by atoms with van der Waals surface area (Å²) in [7, 11) is 0. The van der Waals surface area contributed by atoms with Crippen LogP contribution in [0.4, 0.5) is 15.8 Å². The topological polar surface area (TPSA) is 50.5 Å². The third-order valence-electron chi connectivity index (χ3n) is 4.43. The van der Waals surface area contributed by atoms with Crippen LogP contribution in [0.3, 0.4) is 0 Å². The predicted octanol–water partition coefficient (Wildman–Crippen LogP) is 4.75. The van der Waals surface area contributed by atoms with Gasteiger partial charge in [-0.15, -0.1) is 0 Å². The fraction of sp³-hybridized carbons (Fsp3) is 0.150. The molecule has 0 fully saturated rings. The molecule has 0 N–H and O–H groups in total. The number of imidazole rings is 1. The molecule has 0 spiro atoms. The normalized spacial score (nSPS) is 16.0. The second-order valence-corrected chi connectivity index (χ2v) is 6.73. The highest BCUT2D eigenvalue weighted by atomic mass is 35.5. The lowest BCUT2D eigenvalue weighted by Gasteiger charge is -2.38. The Bertz CT molecular complexity index is 1010. The third kappa shape index (κ3) is 3.24. The third-order valence-corrected chi connectivity index (χ3v) is 4.76. The van der Waals surface area contributed by atoms with Crippen molar-refractivity contribution in [3.63, 3.8) is 0 Å². The van der Waals surface area contributed by atoms with Gasteiger partial charge in [-0.05, 0) is 43.3 Å². The maximum atomic E-state index is 13.5. The molecule has 27 heavy (non-hydrogen) atoms. The number of aromatic nitrogens is 2. The van der Waals surface area contributed by atoms with E-state index in [1.807, 2.05) is 17.0 Å². The van der Waals surface area contributed by atoms with E-state index < -0.39 is 0 Å². The number of fused-ring (bicyclic) bond motifs is 1. The summed E-state index contributed by atoms with van der Waals surface area (Å²) in [4.78, 5) is 22.8. The molecular formula is C20H16ClFN4O. The number of carbonyl (C=O) groups excluding carboxylic acids is 1. The van der Waals surface area contributed by atoms with Gasteiger partial charge in [-0.25, -0.2) is 14.4 Å². The van der Waals surface area contributed by atoms with Gasteiger partial charge in [0.05, 0.1) is 11.7 Å². The molecule has 136 valence electrons. The number of benzene rings is 2. The van der Waals surface area contributed by atoms with Gasteiger partial charge in [0.1, 0.15) is 17.9 Å². The molecule has 0 amide bonds. The molecule has 2 aromatic carbocycles. The molecule has 4 rings (SSSR count). The lowest BCUT2D eigenvalue weighted by Crippen LogP contribution is -2.41. The van der Waals surface area contributed by atoms with E-state index in [2.05, 4.69) is 4.98 Å². The van der Waals surface area contributed by atoms with Crippen LogP contribution >= 0.6 is 11.6 Å². The zero-order valence-corrected chi connectivity index (χ0v) is 15.3. The average Bonchev–Trinajstić information content (AvgIpc) is 3.16. The van der Waals surface area contributed by atoms with E-state index >= 15 is 0 Å². The van der Waals surface area contributed by atoms with Crippen LogP contribution in [0.5, 0.6) is 0 Å². The van der Waals surface area contributed by atoms with Crippen LogP contribution < -0.4 is 4.90 Å². The first-order valence-electron chi connectivity index (χ1n) is 8.44. The number of Topliss-reactive ketones (excluding diaryl/α,β-unsaturated/α-hetero) is 1. The number of halogens is 2. The highest BCUT2D eigenvalue weighted by Crippen LogP contribution is 2.43. The van der Waals surface area contributed by atoms with Gasteiger partial charge in [-0.2, -0.15) is 0 Å². The van der Waals surface area contributed by atoms with Crippen molar-refractivity contribution < 1.29 is 9.18 Å². The van der Waals surface area contributed by atoms with Gasteiger partial charge in [-0.1, -0.05) is 17.7 Å². The number of ketones is 1. The number of aliphatic imine (C=N–C) groups is 1. The van der Waals surface area contributed by atoms with Crippen molar-refractivity contribution in [3.8, 4) is 0 Å². The molecule has 2 heterocycles. The number of hydrogen-bond donors (Lipinski definition) is 0. The summed E-state index contributed by atoms with van der Waals surface area (Å²) in [5.74, 6) is 0.253. The zero-order valence-electron chi connectivity index (χ0n) is 14.5. The summed E-state index contributed by atoms with van der Waals surface area (Å²) in [5, 5.41) is 0.541. The Morgan fingerprint density at radius 2 is 2.00 bits per heavy atom. The van der Waals surface area contributed by atoms with E-state index in [1.54, 1.807) is 48.4 Å². The second kappa shape index (κ2) is 6.96. The maximum Gasteiger partial charge on any atom is 0.216 e. The minimum atomic E-state index is -0.369. The van der Waals surface area contributed by atoms with E-state index in [-0.39, 0.29) is 24.1 Å². The van der Waals surface area contributed by atoms with Crippen LogP contribution in [-0.2, 0) is 4.79 Å². The number of hydrogen-bond acceptors (Lipinski definition) is 4. The Kier molecular flexibility index (Phi) is 4.49. The molecule has 0 aliphatic carbocycles. The van der Waals surface area contributed by atoms with Gasteiger partial charge in [0.25, 0.3) is 0 Å². The van der Waals surface area contributed by atoms with Gasteiger partial charge < -0.3 is 4.90 Å². The Morgan fingerprint density at radius 3 is 2.67 bits per heavy atom. The Balaban J connectivity index is 1.97. The van der Waals surface area contributed by atoms with Gasteiger partial charge in [-0.3, -0.25) is 9.36 Å². The monoisotopic (exact) mass is 382 g/mol. The highest BCUT2D eigenvalue weighted by molar-refractivity contribution is 6.32. The Labute approximate surface area is 160 Å². The molecular weight excluding hydrogens is 367 g/mol.